The number of amides is 3. The Morgan fingerprint density at radius 3 is 2.68 bits per heavy atom. The van der Waals surface area contributed by atoms with Crippen molar-refractivity contribution in [3.05, 3.63) is 59.2 Å². The Hall–Kier alpha value is -2.82. The maximum absolute atomic E-state index is 12.4. The molecule has 130 valence electrons. The van der Waals surface area contributed by atoms with E-state index in [2.05, 4.69) is 28.1 Å². The summed E-state index contributed by atoms with van der Waals surface area (Å²) in [5.74, 6) is -0.136. The molecule has 0 aromatic heterocycles. The van der Waals surface area contributed by atoms with Crippen LogP contribution in [0.3, 0.4) is 0 Å². The number of aryl methyl sites for hydroxylation is 2. The number of fused-ring (bicyclic) bond motifs is 1. The second-order valence-corrected chi connectivity index (χ2v) is 6.45. The minimum absolute atomic E-state index is 0.0326. The highest BCUT2D eigenvalue weighted by Gasteiger charge is 2.21. The molecule has 1 aliphatic rings. The highest BCUT2D eigenvalue weighted by Crippen LogP contribution is 2.29. The number of anilines is 2. The Kier molecular flexibility index (Phi) is 5.03. The van der Waals surface area contributed by atoms with Crippen LogP contribution >= 0.6 is 0 Å². The van der Waals surface area contributed by atoms with Crippen LogP contribution in [-0.4, -0.2) is 11.9 Å². The number of carbonyl (C=O) groups excluding carboxylic acids is 2. The smallest absolute Gasteiger partial charge is 0.319 e. The molecule has 5 heteroatoms. The van der Waals surface area contributed by atoms with Gasteiger partial charge in [-0.25, -0.2) is 4.79 Å². The van der Waals surface area contributed by atoms with Gasteiger partial charge in [-0.2, -0.15) is 0 Å². The van der Waals surface area contributed by atoms with Crippen molar-refractivity contribution in [2.75, 3.05) is 10.6 Å². The summed E-state index contributed by atoms with van der Waals surface area (Å²) < 4.78 is 0. The second-order valence-electron chi connectivity index (χ2n) is 6.45. The van der Waals surface area contributed by atoms with E-state index in [1.54, 1.807) is 6.07 Å². The van der Waals surface area contributed by atoms with Gasteiger partial charge in [-0.15, -0.1) is 0 Å². The van der Waals surface area contributed by atoms with Gasteiger partial charge in [-0.1, -0.05) is 30.3 Å². The molecule has 2 aromatic carbocycles. The molecule has 5 nitrogen and oxygen atoms in total. The van der Waals surface area contributed by atoms with Crippen LogP contribution < -0.4 is 16.0 Å². The molecule has 0 saturated carbocycles. The van der Waals surface area contributed by atoms with Crippen molar-refractivity contribution in [3.8, 4) is 0 Å². The van der Waals surface area contributed by atoms with Gasteiger partial charge in [-0.05, 0) is 55.0 Å². The zero-order chi connectivity index (χ0) is 17.8. The first kappa shape index (κ1) is 17.0. The fourth-order valence-electron chi connectivity index (χ4n) is 3.25. The van der Waals surface area contributed by atoms with E-state index in [1.807, 2.05) is 31.2 Å². The lowest BCUT2D eigenvalue weighted by Crippen LogP contribution is -2.34. The van der Waals surface area contributed by atoms with Crippen LogP contribution in [0.4, 0.5) is 16.2 Å². The van der Waals surface area contributed by atoms with Gasteiger partial charge in [0.05, 0.1) is 6.04 Å². The zero-order valence-electron chi connectivity index (χ0n) is 14.6. The van der Waals surface area contributed by atoms with Crippen molar-refractivity contribution in [2.45, 2.75) is 39.2 Å². The van der Waals surface area contributed by atoms with E-state index in [-0.39, 0.29) is 18.0 Å². The van der Waals surface area contributed by atoms with Crippen molar-refractivity contribution >= 4 is 23.3 Å². The van der Waals surface area contributed by atoms with Crippen molar-refractivity contribution in [1.82, 2.24) is 5.32 Å². The lowest BCUT2D eigenvalue weighted by atomic mass is 9.88. The first-order valence-corrected chi connectivity index (χ1v) is 8.56. The van der Waals surface area contributed by atoms with Crippen molar-refractivity contribution in [3.63, 3.8) is 0 Å². The van der Waals surface area contributed by atoms with Gasteiger partial charge < -0.3 is 16.0 Å². The standard InChI is InChI=1S/C20H23N3O2/c1-13-10-11-16(12-19(13)21-14(2)24)22-20(25)23-18-9-5-7-15-6-3-4-8-17(15)18/h3-4,6,8,10-12,18H,5,7,9H2,1-2H3,(H,21,24)(H2,22,23,25)/t18-/m1/s1. The quantitative estimate of drug-likeness (QED) is 0.787. The van der Waals surface area contributed by atoms with Crippen molar-refractivity contribution in [1.29, 1.82) is 0 Å². The molecular formula is C20H23N3O2. The fourth-order valence-corrected chi connectivity index (χ4v) is 3.25. The number of urea groups is 1. The molecule has 1 atom stereocenters. The summed E-state index contributed by atoms with van der Waals surface area (Å²) in [7, 11) is 0. The molecule has 0 saturated heterocycles. The summed E-state index contributed by atoms with van der Waals surface area (Å²) in [5, 5.41) is 8.69. The number of rotatable bonds is 3. The summed E-state index contributed by atoms with van der Waals surface area (Å²) in [6.45, 7) is 3.38. The number of hydrogen-bond acceptors (Lipinski definition) is 2. The van der Waals surface area contributed by atoms with Gasteiger partial charge >= 0.3 is 6.03 Å². The minimum atomic E-state index is -0.237. The summed E-state index contributed by atoms with van der Waals surface area (Å²) in [6.07, 6.45) is 3.07. The third kappa shape index (κ3) is 4.18. The summed E-state index contributed by atoms with van der Waals surface area (Å²) >= 11 is 0. The number of nitrogens with one attached hydrogen (secondary N) is 3. The molecule has 0 radical (unpaired) electrons. The Labute approximate surface area is 147 Å². The predicted molar refractivity (Wildman–Crippen MR) is 99.8 cm³/mol. The van der Waals surface area contributed by atoms with Crippen LogP contribution in [0.25, 0.3) is 0 Å². The fraction of sp³-hybridized carbons (Fsp3) is 0.300. The lowest BCUT2D eigenvalue weighted by molar-refractivity contribution is -0.114. The molecule has 0 aliphatic heterocycles. The molecule has 0 spiro atoms. The third-order valence-corrected chi connectivity index (χ3v) is 4.48. The largest absolute Gasteiger partial charge is 0.331 e. The molecule has 2 aromatic rings. The first-order chi connectivity index (χ1) is 12.0. The average Bonchev–Trinajstić information content (AvgIpc) is 2.58. The van der Waals surface area contributed by atoms with E-state index < -0.39 is 0 Å². The molecule has 3 rings (SSSR count). The summed E-state index contributed by atoms with van der Waals surface area (Å²) in [6, 6.07) is 13.5. The van der Waals surface area contributed by atoms with Crippen molar-refractivity contribution < 1.29 is 9.59 Å². The number of benzene rings is 2. The van der Waals surface area contributed by atoms with Gasteiger partial charge in [-0.3, -0.25) is 4.79 Å². The molecule has 1 aliphatic carbocycles. The molecule has 0 bridgehead atoms. The van der Waals surface area contributed by atoms with Crippen LogP contribution in [0, 0.1) is 6.92 Å². The highest BCUT2D eigenvalue weighted by atomic mass is 16.2. The normalized spacial score (nSPS) is 15.8. The molecule has 0 fully saturated rings. The maximum Gasteiger partial charge on any atom is 0.319 e. The zero-order valence-corrected chi connectivity index (χ0v) is 14.6. The van der Waals surface area contributed by atoms with Gasteiger partial charge in [0, 0.05) is 18.3 Å². The van der Waals surface area contributed by atoms with E-state index >= 15 is 0 Å². The van der Waals surface area contributed by atoms with Crippen LogP contribution in [0.5, 0.6) is 0 Å². The lowest BCUT2D eigenvalue weighted by Gasteiger charge is -2.26. The average molecular weight is 337 g/mol. The van der Waals surface area contributed by atoms with E-state index in [9.17, 15) is 9.59 Å². The Balaban J connectivity index is 1.68. The topological polar surface area (TPSA) is 70.2 Å². The van der Waals surface area contributed by atoms with E-state index in [4.69, 9.17) is 0 Å². The van der Waals surface area contributed by atoms with E-state index in [0.29, 0.717) is 11.4 Å². The molecule has 25 heavy (non-hydrogen) atoms. The number of hydrogen-bond donors (Lipinski definition) is 3. The van der Waals surface area contributed by atoms with Crippen molar-refractivity contribution in [2.24, 2.45) is 0 Å². The van der Waals surface area contributed by atoms with Gasteiger partial charge in [0.25, 0.3) is 0 Å². The molecule has 3 amide bonds. The van der Waals surface area contributed by atoms with E-state index in [1.165, 1.54) is 18.1 Å². The van der Waals surface area contributed by atoms with E-state index in [0.717, 1.165) is 24.8 Å². The first-order valence-electron chi connectivity index (χ1n) is 8.56. The van der Waals surface area contributed by atoms with Crippen LogP contribution in [0.1, 0.15) is 42.5 Å². The van der Waals surface area contributed by atoms with Crippen LogP contribution in [-0.2, 0) is 11.2 Å². The Bertz CT molecular complexity index is 801. The minimum Gasteiger partial charge on any atom is -0.331 e. The Morgan fingerprint density at radius 2 is 1.88 bits per heavy atom. The summed E-state index contributed by atoms with van der Waals surface area (Å²) in [5.41, 5.74) is 4.81. The SMILES string of the molecule is CC(=O)Nc1cc(NC(=O)N[C@@H]2CCCc3ccccc32)ccc1C. The highest BCUT2D eigenvalue weighted by molar-refractivity contribution is 5.93. The maximum atomic E-state index is 12.4. The Morgan fingerprint density at radius 1 is 1.08 bits per heavy atom. The molecule has 0 heterocycles. The van der Waals surface area contributed by atoms with Gasteiger partial charge in [0.1, 0.15) is 0 Å². The molecule has 3 N–H and O–H groups in total. The summed E-state index contributed by atoms with van der Waals surface area (Å²) in [4.78, 5) is 23.7. The van der Waals surface area contributed by atoms with Gasteiger partial charge in [0.2, 0.25) is 5.91 Å². The molecule has 0 unspecified atom stereocenters. The van der Waals surface area contributed by atoms with Gasteiger partial charge in [0.15, 0.2) is 0 Å². The van der Waals surface area contributed by atoms with Crippen LogP contribution in [0.15, 0.2) is 42.5 Å². The second kappa shape index (κ2) is 7.38. The monoisotopic (exact) mass is 337 g/mol. The van der Waals surface area contributed by atoms with Crippen LogP contribution in [0.2, 0.25) is 0 Å². The predicted octanol–water partition coefficient (Wildman–Crippen LogP) is 4.15. The number of carbonyl (C=O) groups is 2. The third-order valence-electron chi connectivity index (χ3n) is 4.48. The molecular weight excluding hydrogens is 314 g/mol.